The van der Waals surface area contributed by atoms with Gasteiger partial charge in [0.05, 0.1) is 5.41 Å². The normalized spacial score (nSPS) is 30.8. The van der Waals surface area contributed by atoms with E-state index in [1.807, 2.05) is 6.92 Å². The van der Waals surface area contributed by atoms with E-state index in [1.54, 1.807) is 0 Å². The molecule has 0 aromatic heterocycles. The Kier molecular flexibility index (Phi) is 5.02. The highest BCUT2D eigenvalue weighted by molar-refractivity contribution is 6.12. The molecule has 1 fully saturated rings. The summed E-state index contributed by atoms with van der Waals surface area (Å²) in [6.07, 6.45) is 9.61. The van der Waals surface area contributed by atoms with Crippen molar-refractivity contribution in [1.29, 1.82) is 0 Å². The minimum absolute atomic E-state index is 0.150. The van der Waals surface area contributed by atoms with Crippen molar-refractivity contribution in [2.45, 2.75) is 47.0 Å². The van der Waals surface area contributed by atoms with Crippen molar-refractivity contribution in [2.24, 2.45) is 22.7 Å². The molecule has 0 saturated heterocycles. The maximum atomic E-state index is 11.5. The van der Waals surface area contributed by atoms with E-state index in [-0.39, 0.29) is 23.1 Å². The quantitative estimate of drug-likeness (QED) is 0.636. The maximum Gasteiger partial charge on any atom is 0.310 e. The summed E-state index contributed by atoms with van der Waals surface area (Å²) >= 11 is 0. The number of aliphatic carboxylic acids is 1. The fourth-order valence-corrected chi connectivity index (χ4v) is 4.16. The van der Waals surface area contributed by atoms with Gasteiger partial charge in [0.25, 0.3) is 11.8 Å². The molecule has 132 valence electrons. The number of hydrogen-bond acceptors (Lipinski definition) is 3. The van der Waals surface area contributed by atoms with Gasteiger partial charge in [-0.05, 0) is 36.5 Å². The first kappa shape index (κ1) is 18.4. The van der Waals surface area contributed by atoms with Crippen LogP contribution in [0.25, 0.3) is 0 Å². The summed E-state index contributed by atoms with van der Waals surface area (Å²) in [5.41, 5.74) is -0.671. The van der Waals surface area contributed by atoms with Gasteiger partial charge in [0, 0.05) is 18.7 Å². The van der Waals surface area contributed by atoms with Crippen LogP contribution in [-0.4, -0.2) is 34.3 Å². The minimum atomic E-state index is -0.609. The number of carboxylic acid groups (broad SMARTS) is 1. The van der Waals surface area contributed by atoms with Crippen LogP contribution in [0.15, 0.2) is 24.3 Å². The van der Waals surface area contributed by atoms with Crippen LogP contribution in [0.4, 0.5) is 0 Å². The Morgan fingerprint density at radius 1 is 1.25 bits per heavy atom. The highest BCUT2D eigenvalue weighted by Crippen LogP contribution is 2.60. The minimum Gasteiger partial charge on any atom is -0.481 e. The lowest BCUT2D eigenvalue weighted by Crippen LogP contribution is -2.46. The highest BCUT2D eigenvalue weighted by atomic mass is 16.4. The lowest BCUT2D eigenvalue weighted by Gasteiger charge is -2.42. The first-order chi connectivity index (χ1) is 11.1. The summed E-state index contributed by atoms with van der Waals surface area (Å²) in [5, 5.41) is 9.49. The van der Waals surface area contributed by atoms with Gasteiger partial charge in [0.15, 0.2) is 0 Å². The predicted molar refractivity (Wildman–Crippen MR) is 91.0 cm³/mol. The molecule has 1 saturated carbocycles. The van der Waals surface area contributed by atoms with E-state index >= 15 is 0 Å². The van der Waals surface area contributed by atoms with Crippen molar-refractivity contribution >= 4 is 17.8 Å². The summed E-state index contributed by atoms with van der Waals surface area (Å²) in [6, 6.07) is 0. The van der Waals surface area contributed by atoms with E-state index in [2.05, 4.69) is 32.9 Å². The van der Waals surface area contributed by atoms with Crippen molar-refractivity contribution in [3.8, 4) is 0 Å². The molecular formula is C19H27NO4. The van der Waals surface area contributed by atoms with Crippen LogP contribution in [0.5, 0.6) is 0 Å². The molecule has 0 spiro atoms. The second-order valence-corrected chi connectivity index (χ2v) is 7.88. The second-order valence-electron chi connectivity index (χ2n) is 7.88. The molecule has 3 aliphatic rings. The van der Waals surface area contributed by atoms with Crippen molar-refractivity contribution < 1.29 is 19.5 Å². The van der Waals surface area contributed by atoms with Crippen molar-refractivity contribution in [3.05, 3.63) is 24.3 Å². The SMILES string of the molecule is CC(C)(C)C1(C(=O)O)CC2C=CC1C2.CCCN1C(=O)C=CC1=O. The standard InChI is InChI=1S/C12H18O2.C7H9NO2/c1-11(2,3)12(10(13)14)7-8-4-5-9(12)6-8;1-2-5-8-6(9)3-4-7(8)10/h4-5,8-9H,6-7H2,1-3H3,(H,13,14);3-4H,2,5H2,1H3. The molecule has 2 bridgehead atoms. The fraction of sp³-hybridized carbons (Fsp3) is 0.632. The van der Waals surface area contributed by atoms with Gasteiger partial charge >= 0.3 is 5.97 Å². The van der Waals surface area contributed by atoms with Gasteiger partial charge in [-0.2, -0.15) is 0 Å². The average Bonchev–Trinajstić information content (AvgIpc) is 3.17. The van der Waals surface area contributed by atoms with E-state index in [4.69, 9.17) is 0 Å². The molecule has 3 unspecified atom stereocenters. The number of rotatable bonds is 3. The third kappa shape index (κ3) is 3.04. The number of imide groups is 1. The zero-order valence-corrected chi connectivity index (χ0v) is 14.9. The number of nitrogens with zero attached hydrogens (tertiary/aromatic N) is 1. The van der Waals surface area contributed by atoms with Crippen LogP contribution in [0, 0.1) is 22.7 Å². The molecule has 2 aliphatic carbocycles. The molecule has 3 atom stereocenters. The van der Waals surface area contributed by atoms with E-state index in [1.165, 1.54) is 17.1 Å². The highest BCUT2D eigenvalue weighted by Gasteiger charge is 2.59. The van der Waals surface area contributed by atoms with Gasteiger partial charge in [0.1, 0.15) is 0 Å². The third-order valence-electron chi connectivity index (χ3n) is 5.46. The van der Waals surface area contributed by atoms with E-state index in [9.17, 15) is 19.5 Å². The van der Waals surface area contributed by atoms with Gasteiger partial charge in [-0.3, -0.25) is 19.3 Å². The number of fused-ring (bicyclic) bond motifs is 2. The maximum absolute atomic E-state index is 11.5. The molecule has 24 heavy (non-hydrogen) atoms. The van der Waals surface area contributed by atoms with Gasteiger partial charge in [-0.25, -0.2) is 0 Å². The Balaban J connectivity index is 0.000000185. The largest absolute Gasteiger partial charge is 0.481 e. The van der Waals surface area contributed by atoms with Crippen molar-refractivity contribution in [2.75, 3.05) is 6.54 Å². The Morgan fingerprint density at radius 3 is 2.12 bits per heavy atom. The van der Waals surface area contributed by atoms with Crippen LogP contribution < -0.4 is 0 Å². The van der Waals surface area contributed by atoms with Crippen LogP contribution in [0.3, 0.4) is 0 Å². The van der Waals surface area contributed by atoms with E-state index in [0.717, 1.165) is 19.3 Å². The zero-order valence-electron chi connectivity index (χ0n) is 14.9. The number of amides is 2. The monoisotopic (exact) mass is 333 g/mol. The molecule has 0 aromatic carbocycles. The van der Waals surface area contributed by atoms with Crippen molar-refractivity contribution in [1.82, 2.24) is 4.90 Å². The summed E-state index contributed by atoms with van der Waals surface area (Å²) in [7, 11) is 0. The topological polar surface area (TPSA) is 74.7 Å². The molecule has 1 N–H and O–H groups in total. The average molecular weight is 333 g/mol. The first-order valence-corrected chi connectivity index (χ1v) is 8.58. The van der Waals surface area contributed by atoms with Crippen molar-refractivity contribution in [3.63, 3.8) is 0 Å². The van der Waals surface area contributed by atoms with Crippen LogP contribution in [0.2, 0.25) is 0 Å². The molecule has 0 aromatic rings. The Hall–Kier alpha value is -1.91. The van der Waals surface area contributed by atoms with E-state index < -0.39 is 11.4 Å². The Labute approximate surface area is 143 Å². The van der Waals surface area contributed by atoms with Gasteiger partial charge in [0.2, 0.25) is 0 Å². The van der Waals surface area contributed by atoms with Gasteiger partial charge < -0.3 is 5.11 Å². The summed E-state index contributed by atoms with van der Waals surface area (Å²) in [4.78, 5) is 34.3. The molecule has 2 amide bonds. The smallest absolute Gasteiger partial charge is 0.310 e. The lowest BCUT2D eigenvalue weighted by molar-refractivity contribution is -0.159. The summed E-state index contributed by atoms with van der Waals surface area (Å²) in [6.45, 7) is 8.62. The van der Waals surface area contributed by atoms with Gasteiger partial charge in [-0.15, -0.1) is 0 Å². The molecule has 3 rings (SSSR count). The Bertz CT molecular complexity index is 581. The number of allylic oxidation sites excluding steroid dienone is 2. The number of carbonyl (C=O) groups is 3. The molecule has 5 nitrogen and oxygen atoms in total. The fourth-order valence-electron chi connectivity index (χ4n) is 4.16. The van der Waals surface area contributed by atoms with Crippen LogP contribution in [-0.2, 0) is 14.4 Å². The Morgan fingerprint density at radius 2 is 1.83 bits per heavy atom. The van der Waals surface area contributed by atoms with Gasteiger partial charge in [-0.1, -0.05) is 39.8 Å². The summed E-state index contributed by atoms with van der Waals surface area (Å²) in [5.74, 6) is -0.221. The predicted octanol–water partition coefficient (Wildman–Crippen LogP) is 3.02. The second kappa shape index (κ2) is 6.54. The molecule has 5 heteroatoms. The number of carboxylic acids is 1. The van der Waals surface area contributed by atoms with Crippen LogP contribution in [0.1, 0.15) is 47.0 Å². The van der Waals surface area contributed by atoms with Crippen LogP contribution >= 0.6 is 0 Å². The molecule has 1 aliphatic heterocycles. The zero-order chi connectivity index (χ0) is 18.1. The lowest BCUT2D eigenvalue weighted by atomic mass is 9.60. The number of hydrogen-bond donors (Lipinski definition) is 1. The molecular weight excluding hydrogens is 306 g/mol. The number of carbonyl (C=O) groups excluding carboxylic acids is 2. The molecule has 0 radical (unpaired) electrons. The molecule has 1 heterocycles. The van der Waals surface area contributed by atoms with E-state index in [0.29, 0.717) is 12.5 Å². The third-order valence-corrected chi connectivity index (χ3v) is 5.46. The first-order valence-electron chi connectivity index (χ1n) is 8.58. The summed E-state index contributed by atoms with van der Waals surface area (Å²) < 4.78 is 0.